The van der Waals surface area contributed by atoms with Gasteiger partial charge in [0.25, 0.3) is 0 Å². The van der Waals surface area contributed by atoms with Crippen molar-refractivity contribution in [2.24, 2.45) is 0 Å². The number of rotatable bonds is 6. The van der Waals surface area contributed by atoms with E-state index in [2.05, 4.69) is 0 Å². The molecule has 1 rings (SSSR count). The smallest absolute Gasteiger partial charge is 0.411 e. The maximum atomic E-state index is 12.6. The van der Waals surface area contributed by atoms with Crippen molar-refractivity contribution in [1.29, 1.82) is 0 Å². The van der Waals surface area contributed by atoms with E-state index in [4.69, 9.17) is 9.47 Å². The number of aliphatic carboxylic acids is 1. The van der Waals surface area contributed by atoms with Crippen molar-refractivity contribution in [2.45, 2.75) is 65.1 Å². The molecule has 0 aromatic heterocycles. The van der Waals surface area contributed by atoms with Gasteiger partial charge in [-0.25, -0.2) is 9.59 Å². The van der Waals surface area contributed by atoms with Crippen LogP contribution in [0, 0.1) is 0 Å². The molecule has 0 radical (unpaired) electrons. The summed E-state index contributed by atoms with van der Waals surface area (Å²) in [4.78, 5) is 25.7. The average Bonchev–Trinajstić information content (AvgIpc) is 2.43. The highest BCUT2D eigenvalue weighted by atomic mass is 16.6. The Bertz CT molecular complexity index is 572. The third-order valence-corrected chi connectivity index (χ3v) is 3.31. The zero-order chi connectivity index (χ0) is 19.3. The van der Waals surface area contributed by atoms with Crippen LogP contribution in [0.5, 0.6) is 5.75 Å². The second-order valence-corrected chi connectivity index (χ2v) is 7.83. The van der Waals surface area contributed by atoms with Crippen LogP contribution in [0.4, 0.5) is 4.79 Å². The number of ether oxygens (including phenoxy) is 2. The van der Waals surface area contributed by atoms with E-state index >= 15 is 0 Å². The largest absolute Gasteiger partial charge is 0.494 e. The fourth-order valence-corrected chi connectivity index (χ4v) is 2.35. The van der Waals surface area contributed by atoms with Crippen LogP contribution < -0.4 is 4.74 Å². The Labute approximate surface area is 149 Å². The first kappa shape index (κ1) is 20.8. The molecule has 0 saturated carbocycles. The first-order chi connectivity index (χ1) is 11.4. The van der Waals surface area contributed by atoms with Gasteiger partial charge in [-0.3, -0.25) is 4.90 Å². The minimum Gasteiger partial charge on any atom is -0.494 e. The number of hydrogen-bond donors (Lipinski definition) is 1. The van der Waals surface area contributed by atoms with Gasteiger partial charge in [0.15, 0.2) is 0 Å². The van der Waals surface area contributed by atoms with Crippen LogP contribution in [0.25, 0.3) is 0 Å². The summed E-state index contributed by atoms with van der Waals surface area (Å²) in [5.41, 5.74) is -1.41. The first-order valence-electron chi connectivity index (χ1n) is 8.35. The number of hydrogen-bond acceptors (Lipinski definition) is 4. The minimum atomic E-state index is -1.09. The van der Waals surface area contributed by atoms with Crippen LogP contribution >= 0.6 is 0 Å². The molecule has 0 spiro atoms. The van der Waals surface area contributed by atoms with Gasteiger partial charge < -0.3 is 14.6 Å². The molecule has 0 bridgehead atoms. The molecular weight excluding hydrogens is 322 g/mol. The van der Waals surface area contributed by atoms with Gasteiger partial charge >= 0.3 is 12.1 Å². The molecule has 1 amide bonds. The molecule has 1 aromatic carbocycles. The second-order valence-electron chi connectivity index (χ2n) is 7.83. The van der Waals surface area contributed by atoms with E-state index < -0.39 is 29.2 Å². The van der Waals surface area contributed by atoms with E-state index in [9.17, 15) is 14.7 Å². The van der Waals surface area contributed by atoms with E-state index in [0.29, 0.717) is 5.75 Å². The monoisotopic (exact) mass is 351 g/mol. The van der Waals surface area contributed by atoms with Crippen LogP contribution in [-0.4, -0.2) is 45.9 Å². The van der Waals surface area contributed by atoms with Crippen molar-refractivity contribution in [3.8, 4) is 5.75 Å². The van der Waals surface area contributed by atoms with Crippen molar-refractivity contribution in [3.63, 3.8) is 0 Å². The molecule has 6 heteroatoms. The van der Waals surface area contributed by atoms with E-state index in [1.54, 1.807) is 53.7 Å². The van der Waals surface area contributed by atoms with Crippen molar-refractivity contribution >= 4 is 12.1 Å². The Hall–Kier alpha value is -2.24. The van der Waals surface area contributed by atoms with E-state index in [0.717, 1.165) is 0 Å². The van der Waals surface area contributed by atoms with Crippen LogP contribution in [0.3, 0.4) is 0 Å². The van der Waals surface area contributed by atoms with Crippen molar-refractivity contribution in [2.75, 3.05) is 6.61 Å². The summed E-state index contributed by atoms with van der Waals surface area (Å²) in [7, 11) is 0. The van der Waals surface area contributed by atoms with Gasteiger partial charge in [-0.2, -0.15) is 0 Å². The highest BCUT2D eigenvalue weighted by Gasteiger charge is 2.39. The Morgan fingerprint density at radius 3 is 2.08 bits per heavy atom. The van der Waals surface area contributed by atoms with Gasteiger partial charge in [0.1, 0.15) is 17.4 Å². The summed E-state index contributed by atoms with van der Waals surface area (Å²) in [6.07, 6.45) is -0.493. The summed E-state index contributed by atoms with van der Waals surface area (Å²) in [6, 6.07) is 8.10. The van der Waals surface area contributed by atoms with E-state index in [-0.39, 0.29) is 13.0 Å². The lowest BCUT2D eigenvalue weighted by molar-refractivity contribution is -0.146. The number of carboxylic acids is 1. The fourth-order valence-electron chi connectivity index (χ4n) is 2.35. The number of carbonyl (C=O) groups excluding carboxylic acids is 1. The molecule has 1 unspecified atom stereocenters. The summed E-state index contributed by atoms with van der Waals surface area (Å²) < 4.78 is 11.0. The van der Waals surface area contributed by atoms with Crippen LogP contribution in [0.15, 0.2) is 30.3 Å². The quantitative estimate of drug-likeness (QED) is 0.840. The summed E-state index contributed by atoms with van der Waals surface area (Å²) >= 11 is 0. The van der Waals surface area contributed by atoms with Crippen molar-refractivity contribution in [3.05, 3.63) is 30.3 Å². The molecule has 1 N–H and O–H groups in total. The molecule has 25 heavy (non-hydrogen) atoms. The molecule has 0 heterocycles. The first-order valence-corrected chi connectivity index (χ1v) is 8.35. The van der Waals surface area contributed by atoms with E-state index in [1.807, 2.05) is 18.2 Å². The molecule has 6 nitrogen and oxygen atoms in total. The van der Waals surface area contributed by atoms with Crippen molar-refractivity contribution < 1.29 is 24.2 Å². The van der Waals surface area contributed by atoms with Gasteiger partial charge in [-0.15, -0.1) is 0 Å². The molecule has 0 aliphatic rings. The van der Waals surface area contributed by atoms with E-state index in [1.165, 1.54) is 4.90 Å². The number of benzene rings is 1. The normalized spacial score (nSPS) is 13.0. The van der Waals surface area contributed by atoms with Gasteiger partial charge in [-0.05, 0) is 53.7 Å². The summed E-state index contributed by atoms with van der Waals surface area (Å²) in [6.45, 7) is 10.8. The second kappa shape index (κ2) is 8.23. The fraction of sp³-hybridized carbons (Fsp3) is 0.579. The third-order valence-electron chi connectivity index (χ3n) is 3.31. The maximum absolute atomic E-state index is 12.6. The number of carbonyl (C=O) groups is 2. The van der Waals surface area contributed by atoms with Gasteiger partial charge in [0, 0.05) is 12.0 Å². The standard InChI is InChI=1S/C19H29NO5/c1-18(2,3)20(17(23)25-19(4,5)6)15(16(21)22)12-13-24-14-10-8-7-9-11-14/h7-11,15H,12-13H2,1-6H3,(H,21,22). The molecule has 0 aliphatic carbocycles. The zero-order valence-electron chi connectivity index (χ0n) is 15.9. The number of nitrogens with zero attached hydrogens (tertiary/aromatic N) is 1. The van der Waals surface area contributed by atoms with Crippen LogP contribution in [-0.2, 0) is 9.53 Å². The molecule has 140 valence electrons. The molecule has 0 saturated heterocycles. The molecule has 1 aromatic rings. The highest BCUT2D eigenvalue weighted by molar-refractivity contribution is 5.80. The highest BCUT2D eigenvalue weighted by Crippen LogP contribution is 2.23. The SMILES string of the molecule is CC(C)(C)OC(=O)N(C(CCOc1ccccc1)C(=O)O)C(C)(C)C. The number of para-hydroxylation sites is 1. The maximum Gasteiger partial charge on any atom is 0.411 e. The molecule has 0 aliphatic heterocycles. The summed E-state index contributed by atoms with van der Waals surface area (Å²) in [5, 5.41) is 9.65. The molecule has 1 atom stereocenters. The Balaban J connectivity index is 2.89. The van der Waals surface area contributed by atoms with Gasteiger partial charge in [-0.1, -0.05) is 18.2 Å². The predicted molar refractivity (Wildman–Crippen MR) is 95.8 cm³/mol. The molecule has 0 fully saturated rings. The number of carboxylic acid groups (broad SMARTS) is 1. The lowest BCUT2D eigenvalue weighted by atomic mass is 10.0. The Kier molecular flexibility index (Phi) is 6.85. The zero-order valence-corrected chi connectivity index (χ0v) is 15.9. The van der Waals surface area contributed by atoms with Crippen LogP contribution in [0.2, 0.25) is 0 Å². The predicted octanol–water partition coefficient (Wildman–Crippen LogP) is 3.94. The van der Waals surface area contributed by atoms with Crippen LogP contribution in [0.1, 0.15) is 48.0 Å². The minimum absolute atomic E-state index is 0.154. The average molecular weight is 351 g/mol. The van der Waals surface area contributed by atoms with Gasteiger partial charge in [0.2, 0.25) is 0 Å². The lowest BCUT2D eigenvalue weighted by Gasteiger charge is -2.40. The topological polar surface area (TPSA) is 76.1 Å². The Morgan fingerprint density at radius 2 is 1.64 bits per heavy atom. The Morgan fingerprint density at radius 1 is 1.08 bits per heavy atom. The third kappa shape index (κ3) is 7.03. The summed E-state index contributed by atoms with van der Waals surface area (Å²) in [5.74, 6) is -0.427. The molecular formula is C19H29NO5. The van der Waals surface area contributed by atoms with Gasteiger partial charge in [0.05, 0.1) is 6.61 Å². The lowest BCUT2D eigenvalue weighted by Crippen LogP contribution is -2.56. The number of amides is 1. The van der Waals surface area contributed by atoms with Crippen molar-refractivity contribution in [1.82, 2.24) is 4.90 Å².